The average molecular weight is 269 g/mol. The van der Waals surface area contributed by atoms with Gasteiger partial charge in [-0.15, -0.1) is 0 Å². The fraction of sp³-hybridized carbons (Fsp3) is 0.364. The van der Waals surface area contributed by atoms with E-state index in [9.17, 15) is 13.2 Å². The first-order valence-corrected chi connectivity index (χ1v) is 7.05. The summed E-state index contributed by atoms with van der Waals surface area (Å²) in [7, 11) is -3.46. The van der Waals surface area contributed by atoms with Crippen LogP contribution in [-0.4, -0.2) is 49.8 Å². The van der Waals surface area contributed by atoms with Gasteiger partial charge in [0, 0.05) is 26.2 Å². The zero-order valence-corrected chi connectivity index (χ0v) is 10.6. The van der Waals surface area contributed by atoms with E-state index < -0.39 is 16.1 Å². The maximum absolute atomic E-state index is 12.3. The lowest BCUT2D eigenvalue weighted by molar-refractivity contribution is 0.181. The van der Waals surface area contributed by atoms with Gasteiger partial charge in [-0.05, 0) is 12.1 Å². The molecule has 1 fully saturated rings. The molecule has 1 aliphatic rings. The van der Waals surface area contributed by atoms with Crippen molar-refractivity contribution >= 4 is 16.1 Å². The zero-order chi connectivity index (χ0) is 13.2. The highest BCUT2D eigenvalue weighted by molar-refractivity contribution is 7.89. The highest BCUT2D eigenvalue weighted by atomic mass is 32.2. The third kappa shape index (κ3) is 2.46. The van der Waals surface area contributed by atoms with Crippen molar-refractivity contribution in [2.24, 2.45) is 5.73 Å². The van der Waals surface area contributed by atoms with Gasteiger partial charge in [0.25, 0.3) is 0 Å². The van der Waals surface area contributed by atoms with E-state index in [0.717, 1.165) is 0 Å². The summed E-state index contributed by atoms with van der Waals surface area (Å²) in [5.74, 6) is 0. The Morgan fingerprint density at radius 3 is 2.11 bits per heavy atom. The number of nitrogens with two attached hydrogens (primary N) is 1. The summed E-state index contributed by atoms with van der Waals surface area (Å²) in [6, 6.07) is 7.76. The normalized spacial score (nSPS) is 17.7. The van der Waals surface area contributed by atoms with Crippen LogP contribution in [0.15, 0.2) is 35.2 Å². The number of nitrogens with zero attached hydrogens (tertiary/aromatic N) is 2. The maximum Gasteiger partial charge on any atom is 0.314 e. The molecular formula is C11H15N3O3S. The second-order valence-corrected chi connectivity index (χ2v) is 5.98. The Morgan fingerprint density at radius 2 is 1.61 bits per heavy atom. The van der Waals surface area contributed by atoms with Crippen molar-refractivity contribution in [1.29, 1.82) is 0 Å². The van der Waals surface area contributed by atoms with E-state index >= 15 is 0 Å². The van der Waals surface area contributed by atoms with Gasteiger partial charge in [-0.25, -0.2) is 13.2 Å². The molecule has 0 radical (unpaired) electrons. The predicted octanol–water partition coefficient (Wildman–Crippen LogP) is 0.0716. The number of rotatable bonds is 2. The largest absolute Gasteiger partial charge is 0.351 e. The second-order valence-electron chi connectivity index (χ2n) is 4.04. The number of sulfonamides is 1. The summed E-state index contributed by atoms with van der Waals surface area (Å²) in [5.41, 5.74) is 5.15. The molecule has 0 spiro atoms. The van der Waals surface area contributed by atoms with E-state index in [4.69, 9.17) is 5.73 Å². The molecule has 0 aliphatic carbocycles. The van der Waals surface area contributed by atoms with Crippen molar-refractivity contribution in [2.75, 3.05) is 26.2 Å². The Labute approximate surface area is 106 Å². The van der Waals surface area contributed by atoms with Gasteiger partial charge < -0.3 is 10.6 Å². The monoisotopic (exact) mass is 269 g/mol. The van der Waals surface area contributed by atoms with Gasteiger partial charge in [-0.3, -0.25) is 0 Å². The number of urea groups is 1. The number of hydrogen-bond donors (Lipinski definition) is 1. The molecule has 1 aromatic carbocycles. The van der Waals surface area contributed by atoms with Crippen LogP contribution in [0.3, 0.4) is 0 Å². The van der Waals surface area contributed by atoms with Gasteiger partial charge in [0.15, 0.2) is 0 Å². The first kappa shape index (κ1) is 12.8. The molecule has 1 heterocycles. The number of benzene rings is 1. The molecule has 0 unspecified atom stereocenters. The van der Waals surface area contributed by atoms with Crippen LogP contribution in [0.5, 0.6) is 0 Å². The maximum atomic E-state index is 12.3. The van der Waals surface area contributed by atoms with Gasteiger partial charge in [-0.1, -0.05) is 18.2 Å². The van der Waals surface area contributed by atoms with Crippen LogP contribution >= 0.6 is 0 Å². The zero-order valence-electron chi connectivity index (χ0n) is 9.82. The van der Waals surface area contributed by atoms with E-state index in [1.807, 2.05) is 0 Å². The van der Waals surface area contributed by atoms with Crippen molar-refractivity contribution < 1.29 is 13.2 Å². The Balaban J connectivity index is 2.12. The molecule has 1 aliphatic heterocycles. The minimum Gasteiger partial charge on any atom is -0.351 e. The molecule has 1 aromatic rings. The van der Waals surface area contributed by atoms with Crippen LogP contribution in [-0.2, 0) is 10.0 Å². The molecule has 98 valence electrons. The molecule has 7 heteroatoms. The Morgan fingerprint density at radius 1 is 1.06 bits per heavy atom. The fourth-order valence-electron chi connectivity index (χ4n) is 1.89. The van der Waals surface area contributed by atoms with E-state index in [2.05, 4.69) is 0 Å². The van der Waals surface area contributed by atoms with E-state index in [1.165, 1.54) is 9.21 Å². The number of hydrogen-bond acceptors (Lipinski definition) is 3. The minimum absolute atomic E-state index is 0.275. The quantitative estimate of drug-likeness (QED) is 0.824. The summed E-state index contributed by atoms with van der Waals surface area (Å²) in [6.45, 7) is 1.23. The second kappa shape index (κ2) is 4.95. The summed E-state index contributed by atoms with van der Waals surface area (Å²) in [6.07, 6.45) is 0. The molecule has 6 nitrogen and oxygen atoms in total. The number of carbonyl (C=O) groups is 1. The lowest BCUT2D eigenvalue weighted by Crippen LogP contribution is -2.51. The van der Waals surface area contributed by atoms with Crippen molar-refractivity contribution in [3.63, 3.8) is 0 Å². The highest BCUT2D eigenvalue weighted by Gasteiger charge is 2.29. The van der Waals surface area contributed by atoms with E-state index in [0.29, 0.717) is 13.1 Å². The molecule has 0 aromatic heterocycles. The molecule has 0 atom stereocenters. The van der Waals surface area contributed by atoms with Gasteiger partial charge in [0.2, 0.25) is 10.0 Å². The summed E-state index contributed by atoms with van der Waals surface area (Å²) in [5, 5.41) is 0. The predicted molar refractivity (Wildman–Crippen MR) is 66.4 cm³/mol. The third-order valence-electron chi connectivity index (χ3n) is 2.93. The number of primary amides is 1. The van der Waals surface area contributed by atoms with Crippen molar-refractivity contribution in [2.45, 2.75) is 4.90 Å². The third-order valence-corrected chi connectivity index (χ3v) is 4.84. The van der Waals surface area contributed by atoms with Gasteiger partial charge in [0.1, 0.15) is 0 Å². The van der Waals surface area contributed by atoms with Crippen LogP contribution in [0.25, 0.3) is 0 Å². The molecule has 2 N–H and O–H groups in total. The fourth-order valence-corrected chi connectivity index (χ4v) is 3.33. The van der Waals surface area contributed by atoms with Crippen molar-refractivity contribution in [3.05, 3.63) is 30.3 Å². The summed E-state index contributed by atoms with van der Waals surface area (Å²) >= 11 is 0. The van der Waals surface area contributed by atoms with Crippen LogP contribution < -0.4 is 5.73 Å². The summed E-state index contributed by atoms with van der Waals surface area (Å²) in [4.78, 5) is 12.7. The SMILES string of the molecule is NC(=O)N1CCN(S(=O)(=O)c2ccccc2)CC1. The lowest BCUT2D eigenvalue weighted by Gasteiger charge is -2.32. The molecule has 1 saturated heterocycles. The average Bonchev–Trinajstić information content (AvgIpc) is 2.40. The molecule has 2 rings (SSSR count). The standard InChI is InChI=1S/C11H15N3O3S/c12-11(15)13-6-8-14(9-7-13)18(16,17)10-4-2-1-3-5-10/h1-5H,6-9H2,(H2,12,15). The molecular weight excluding hydrogens is 254 g/mol. The minimum atomic E-state index is -3.46. The van der Waals surface area contributed by atoms with Crippen LogP contribution in [0.1, 0.15) is 0 Å². The highest BCUT2D eigenvalue weighted by Crippen LogP contribution is 2.16. The molecule has 0 saturated carbocycles. The topological polar surface area (TPSA) is 83.7 Å². The van der Waals surface area contributed by atoms with Gasteiger partial charge >= 0.3 is 6.03 Å². The molecule has 2 amide bonds. The van der Waals surface area contributed by atoms with Gasteiger partial charge in [-0.2, -0.15) is 4.31 Å². The number of piperazine rings is 1. The van der Waals surface area contributed by atoms with Gasteiger partial charge in [0.05, 0.1) is 4.90 Å². The smallest absolute Gasteiger partial charge is 0.314 e. The first-order valence-electron chi connectivity index (χ1n) is 5.61. The van der Waals surface area contributed by atoms with E-state index in [1.54, 1.807) is 30.3 Å². The van der Waals surface area contributed by atoms with Crippen LogP contribution in [0.2, 0.25) is 0 Å². The van der Waals surface area contributed by atoms with Crippen LogP contribution in [0.4, 0.5) is 4.79 Å². The van der Waals surface area contributed by atoms with Crippen molar-refractivity contribution in [3.8, 4) is 0 Å². The first-order chi connectivity index (χ1) is 8.51. The van der Waals surface area contributed by atoms with Crippen molar-refractivity contribution in [1.82, 2.24) is 9.21 Å². The Kier molecular flexibility index (Phi) is 3.53. The molecule has 0 bridgehead atoms. The number of carbonyl (C=O) groups excluding carboxylic acids is 1. The lowest BCUT2D eigenvalue weighted by atomic mass is 10.4. The van der Waals surface area contributed by atoms with Crippen LogP contribution in [0, 0.1) is 0 Å². The summed E-state index contributed by atoms with van der Waals surface area (Å²) < 4.78 is 25.9. The van der Waals surface area contributed by atoms with E-state index in [-0.39, 0.29) is 18.0 Å². The number of amides is 2. The Bertz CT molecular complexity index is 522. The Hall–Kier alpha value is -1.60. The molecule has 18 heavy (non-hydrogen) atoms.